The van der Waals surface area contributed by atoms with E-state index in [0.717, 1.165) is 25.2 Å². The van der Waals surface area contributed by atoms with Crippen molar-refractivity contribution in [3.63, 3.8) is 0 Å². The molecule has 1 N–H and O–H groups in total. The van der Waals surface area contributed by atoms with Gasteiger partial charge in [-0.3, -0.25) is 4.98 Å². The number of aromatic nitrogens is 1. The Morgan fingerprint density at radius 2 is 1.90 bits per heavy atom. The van der Waals surface area contributed by atoms with Crippen LogP contribution in [0, 0.1) is 28.6 Å². The number of likely N-dealkylation sites (N-methyl/N-ethyl adjacent to an activating group) is 1. The largest absolute Gasteiger partial charge is 0.444 e. The van der Waals surface area contributed by atoms with Crippen LogP contribution in [-0.4, -0.2) is 47.3 Å². The van der Waals surface area contributed by atoms with Crippen LogP contribution >= 0.6 is 0 Å². The van der Waals surface area contributed by atoms with Crippen molar-refractivity contribution in [2.75, 3.05) is 13.6 Å². The second kappa shape index (κ2) is 10.4. The number of carbonyl (C=O) groups excluding carboxylic acids is 2. The van der Waals surface area contributed by atoms with Gasteiger partial charge in [-0.1, -0.05) is 37.6 Å². The van der Waals surface area contributed by atoms with E-state index < -0.39 is 17.7 Å². The third-order valence-electron chi connectivity index (χ3n) is 10.1. The first-order valence-corrected chi connectivity index (χ1v) is 14.6. The lowest BCUT2D eigenvalue weighted by molar-refractivity contribution is -0.190. The highest BCUT2D eigenvalue weighted by atomic mass is 16.7. The maximum absolute atomic E-state index is 12.4. The van der Waals surface area contributed by atoms with Gasteiger partial charge in [0.25, 0.3) is 0 Å². The summed E-state index contributed by atoms with van der Waals surface area (Å²) in [5.41, 5.74) is 4.18. The van der Waals surface area contributed by atoms with Gasteiger partial charge in [-0.25, -0.2) is 9.59 Å². The van der Waals surface area contributed by atoms with E-state index in [4.69, 9.17) is 9.57 Å². The molecule has 0 aromatic carbocycles. The number of alkyl carbamates (subject to hydrolysis) is 1. The fraction of sp³-hybridized carbons (Fsp3) is 0.656. The summed E-state index contributed by atoms with van der Waals surface area (Å²) in [6, 6.07) is 4.33. The second-order valence-corrected chi connectivity index (χ2v) is 13.5. The van der Waals surface area contributed by atoms with Crippen LogP contribution in [0.5, 0.6) is 0 Å². The highest BCUT2D eigenvalue weighted by molar-refractivity contribution is 5.77. The number of hydrogen-bond acceptors (Lipinski definition) is 6. The Morgan fingerprint density at radius 1 is 1.13 bits per heavy atom. The molecule has 5 rings (SSSR count). The molecule has 7 nitrogen and oxygen atoms in total. The van der Waals surface area contributed by atoms with Crippen molar-refractivity contribution < 1.29 is 19.2 Å². The monoisotopic (exact) mass is 535 g/mol. The molecule has 0 spiro atoms. The van der Waals surface area contributed by atoms with Gasteiger partial charge in [0.15, 0.2) is 0 Å². The zero-order chi connectivity index (χ0) is 28.0. The van der Waals surface area contributed by atoms with Gasteiger partial charge < -0.3 is 14.9 Å². The minimum atomic E-state index is -0.622. The molecule has 0 saturated heterocycles. The molecule has 4 aliphatic carbocycles. The fourth-order valence-corrected chi connectivity index (χ4v) is 8.25. The Bertz CT molecular complexity index is 1160. The number of ether oxygens (including phenoxy) is 1. The van der Waals surface area contributed by atoms with Gasteiger partial charge in [-0.15, -0.1) is 5.06 Å². The normalized spacial score (nSPS) is 33.7. The summed E-state index contributed by atoms with van der Waals surface area (Å²) in [4.78, 5) is 34.3. The predicted molar refractivity (Wildman–Crippen MR) is 151 cm³/mol. The molecular formula is C32H45N3O4. The van der Waals surface area contributed by atoms with Crippen molar-refractivity contribution in [3.05, 3.63) is 47.8 Å². The van der Waals surface area contributed by atoms with Crippen molar-refractivity contribution in [3.8, 4) is 0 Å². The molecule has 1 aromatic rings. The standard InChI is InChI=1S/C32H45N3O4/c1-30(2,3)38-29(37)34-20-28(36)39-35(6)23-13-15-31(4)22(18-23)9-10-24-26-12-11-25(21-8-7-17-33-19-21)32(26,5)16-14-27(24)31/h7-8,11,17-19,23-24,26-27H,9-10,12-16,20H2,1-6H3,(H,34,37)/t23?,24-,26+,27+,31+,32-/m1/s1. The third kappa shape index (κ3) is 5.39. The molecule has 0 aliphatic heterocycles. The molecule has 1 heterocycles. The van der Waals surface area contributed by atoms with Crippen molar-refractivity contribution in [1.29, 1.82) is 0 Å². The number of amides is 1. The summed E-state index contributed by atoms with van der Waals surface area (Å²) < 4.78 is 5.20. The van der Waals surface area contributed by atoms with E-state index in [0.29, 0.717) is 11.8 Å². The molecule has 212 valence electrons. The van der Waals surface area contributed by atoms with Gasteiger partial charge >= 0.3 is 12.1 Å². The summed E-state index contributed by atoms with van der Waals surface area (Å²) in [7, 11) is 1.82. The smallest absolute Gasteiger partial charge is 0.408 e. The molecular weight excluding hydrogens is 490 g/mol. The Kier molecular flexibility index (Phi) is 7.42. The van der Waals surface area contributed by atoms with Gasteiger partial charge in [-0.2, -0.15) is 0 Å². The lowest BCUT2D eigenvalue weighted by Gasteiger charge is -2.58. The van der Waals surface area contributed by atoms with Crippen molar-refractivity contribution in [1.82, 2.24) is 15.4 Å². The highest BCUT2D eigenvalue weighted by Crippen LogP contribution is 2.66. The SMILES string of the molecule is CN(OC(=O)CNC(=O)OC(C)(C)C)C1C=C2CC[C@H]3[C@H](CC[C@]4(C)C(c5cccnc5)=CC[C@@H]34)[C@@]2(C)CC1. The summed E-state index contributed by atoms with van der Waals surface area (Å²) in [6.45, 7) is 10.1. The number of carbonyl (C=O) groups is 2. The van der Waals surface area contributed by atoms with Crippen LogP contribution in [0.1, 0.15) is 85.1 Å². The molecule has 0 bridgehead atoms. The number of allylic oxidation sites excluding steroid dienone is 3. The summed E-state index contributed by atoms with van der Waals surface area (Å²) in [5, 5.41) is 4.14. The van der Waals surface area contributed by atoms with E-state index in [1.807, 2.05) is 19.4 Å². The Labute approximate surface area is 233 Å². The van der Waals surface area contributed by atoms with Gasteiger partial charge in [0.2, 0.25) is 0 Å². The van der Waals surface area contributed by atoms with E-state index >= 15 is 0 Å². The Balaban J connectivity index is 1.22. The minimum absolute atomic E-state index is 0.0503. The molecule has 1 amide bonds. The van der Waals surface area contributed by atoms with Gasteiger partial charge in [0, 0.05) is 19.4 Å². The maximum atomic E-state index is 12.4. The van der Waals surface area contributed by atoms with Crippen LogP contribution in [0.4, 0.5) is 4.79 Å². The molecule has 2 saturated carbocycles. The van der Waals surface area contributed by atoms with E-state index in [9.17, 15) is 9.59 Å². The minimum Gasteiger partial charge on any atom is -0.444 e. The molecule has 39 heavy (non-hydrogen) atoms. The van der Waals surface area contributed by atoms with E-state index in [-0.39, 0.29) is 23.4 Å². The van der Waals surface area contributed by atoms with Gasteiger partial charge in [0.05, 0.1) is 6.04 Å². The van der Waals surface area contributed by atoms with Crippen LogP contribution in [0.2, 0.25) is 0 Å². The third-order valence-corrected chi connectivity index (χ3v) is 10.1. The second-order valence-electron chi connectivity index (χ2n) is 13.5. The zero-order valence-corrected chi connectivity index (χ0v) is 24.5. The van der Waals surface area contributed by atoms with Crippen LogP contribution in [0.3, 0.4) is 0 Å². The average Bonchev–Trinajstić information content (AvgIpc) is 3.23. The maximum Gasteiger partial charge on any atom is 0.408 e. The molecule has 1 aromatic heterocycles. The fourth-order valence-electron chi connectivity index (χ4n) is 8.25. The van der Waals surface area contributed by atoms with E-state index in [2.05, 4.69) is 48.4 Å². The topological polar surface area (TPSA) is 80.8 Å². The summed E-state index contributed by atoms with van der Waals surface area (Å²) >= 11 is 0. The van der Waals surface area contributed by atoms with Crippen LogP contribution in [0.25, 0.3) is 5.57 Å². The lowest BCUT2D eigenvalue weighted by atomic mass is 9.46. The Morgan fingerprint density at radius 3 is 2.62 bits per heavy atom. The van der Waals surface area contributed by atoms with Crippen LogP contribution in [-0.2, 0) is 14.4 Å². The lowest BCUT2D eigenvalue weighted by Crippen LogP contribution is -2.51. The van der Waals surface area contributed by atoms with Gasteiger partial charge in [-0.05, 0) is 112 Å². The molecule has 1 unspecified atom stereocenters. The van der Waals surface area contributed by atoms with Crippen molar-refractivity contribution in [2.24, 2.45) is 28.6 Å². The van der Waals surface area contributed by atoms with Crippen LogP contribution < -0.4 is 5.32 Å². The number of hydrogen-bond donors (Lipinski definition) is 1. The summed E-state index contributed by atoms with van der Waals surface area (Å²) in [6.07, 6.45) is 16.2. The predicted octanol–water partition coefficient (Wildman–Crippen LogP) is 6.32. The molecule has 0 radical (unpaired) electrons. The quantitative estimate of drug-likeness (QED) is 0.351. The molecule has 2 fully saturated rings. The van der Waals surface area contributed by atoms with Crippen molar-refractivity contribution in [2.45, 2.75) is 91.2 Å². The zero-order valence-electron chi connectivity index (χ0n) is 24.5. The number of pyridine rings is 1. The summed E-state index contributed by atoms with van der Waals surface area (Å²) in [5.74, 6) is 1.64. The van der Waals surface area contributed by atoms with E-state index in [1.54, 1.807) is 25.8 Å². The molecule has 7 heteroatoms. The highest BCUT2D eigenvalue weighted by Gasteiger charge is 2.57. The molecule has 4 aliphatic rings. The molecule has 6 atom stereocenters. The number of fused-ring (bicyclic) bond motifs is 5. The number of nitrogens with zero attached hydrogens (tertiary/aromatic N) is 2. The average molecular weight is 536 g/mol. The first-order valence-electron chi connectivity index (χ1n) is 14.6. The Hall–Kier alpha value is -2.67. The number of nitrogens with one attached hydrogen (secondary N) is 1. The van der Waals surface area contributed by atoms with Crippen molar-refractivity contribution >= 4 is 17.6 Å². The van der Waals surface area contributed by atoms with Gasteiger partial charge in [0.1, 0.15) is 12.1 Å². The van der Waals surface area contributed by atoms with E-state index in [1.165, 1.54) is 42.4 Å². The number of rotatable bonds is 5. The number of hydroxylamine groups is 2. The first-order chi connectivity index (χ1) is 18.4. The van der Waals surface area contributed by atoms with Crippen LogP contribution in [0.15, 0.2) is 42.3 Å². The first kappa shape index (κ1) is 27.9.